The first-order valence-electron chi connectivity index (χ1n) is 3.05. The molecule has 0 bridgehead atoms. The third kappa shape index (κ3) is 1.52. The molecular formula is C6H9BN2. The predicted octanol–water partition coefficient (Wildman–Crippen LogP) is 0.438. The first-order chi connectivity index (χ1) is 4.30. The zero-order valence-electron chi connectivity index (χ0n) is 5.70. The Kier molecular flexibility index (Phi) is 1.83. The molecule has 0 aliphatic rings. The van der Waals surface area contributed by atoms with Gasteiger partial charge in [-0.05, 0) is 5.46 Å². The van der Waals surface area contributed by atoms with Gasteiger partial charge in [-0.25, -0.2) is 9.97 Å². The Morgan fingerprint density at radius 3 is 2.11 bits per heavy atom. The smallest absolute Gasteiger partial charge is 0.173 e. The molecule has 0 spiro atoms. The average molecular weight is 120 g/mol. The van der Waals surface area contributed by atoms with Gasteiger partial charge in [0.05, 0.1) is 0 Å². The maximum Gasteiger partial charge on any atom is 0.173 e. The van der Waals surface area contributed by atoms with Gasteiger partial charge >= 0.3 is 0 Å². The summed E-state index contributed by atoms with van der Waals surface area (Å²) in [4.78, 5) is 7.79. The molecule has 3 heteroatoms. The maximum absolute atomic E-state index is 3.89. The second kappa shape index (κ2) is 2.62. The summed E-state index contributed by atoms with van der Waals surface area (Å²) in [5, 5.41) is 0. The van der Waals surface area contributed by atoms with Crippen molar-refractivity contribution in [2.45, 2.75) is 13.6 Å². The fourth-order valence-electron chi connectivity index (χ4n) is 0.609. The molecule has 1 heterocycles. The van der Waals surface area contributed by atoms with Crippen LogP contribution in [0.3, 0.4) is 0 Å². The number of rotatable bonds is 1. The molecule has 46 valence electrons. The standard InChI is InChI=1S/C6H9BN2/c1-7(2)6-3-8-5-9-4-6/h3-5H,1-2H3. The summed E-state index contributed by atoms with van der Waals surface area (Å²) in [6, 6.07) is 0. The summed E-state index contributed by atoms with van der Waals surface area (Å²) in [5.41, 5.74) is 1.19. The quantitative estimate of drug-likeness (QED) is 0.502. The lowest BCUT2D eigenvalue weighted by Gasteiger charge is -1.96. The Labute approximate surface area is 55.4 Å². The van der Waals surface area contributed by atoms with Crippen LogP contribution in [0.4, 0.5) is 0 Å². The molecule has 0 radical (unpaired) electrons. The molecule has 0 aliphatic heterocycles. The zero-order chi connectivity index (χ0) is 6.69. The molecule has 1 aromatic heterocycles. The van der Waals surface area contributed by atoms with E-state index in [9.17, 15) is 0 Å². The van der Waals surface area contributed by atoms with E-state index >= 15 is 0 Å². The fourth-order valence-corrected chi connectivity index (χ4v) is 0.609. The molecule has 1 aromatic rings. The van der Waals surface area contributed by atoms with Crippen molar-refractivity contribution < 1.29 is 0 Å². The molecule has 0 amide bonds. The minimum absolute atomic E-state index is 0.534. The molecule has 2 nitrogen and oxygen atoms in total. The maximum atomic E-state index is 3.89. The minimum atomic E-state index is 0.534. The van der Waals surface area contributed by atoms with Crippen LogP contribution in [0.25, 0.3) is 0 Å². The summed E-state index contributed by atoms with van der Waals surface area (Å²) in [5.74, 6) is 0. The highest BCUT2D eigenvalue weighted by Gasteiger charge is 2.00. The van der Waals surface area contributed by atoms with Crippen LogP contribution in [0.5, 0.6) is 0 Å². The van der Waals surface area contributed by atoms with E-state index in [0.29, 0.717) is 6.71 Å². The lowest BCUT2D eigenvalue weighted by molar-refractivity contribution is 1.18. The lowest BCUT2D eigenvalue weighted by atomic mass is 9.50. The third-order valence-corrected chi connectivity index (χ3v) is 1.25. The van der Waals surface area contributed by atoms with Gasteiger partial charge in [-0.15, -0.1) is 0 Å². The van der Waals surface area contributed by atoms with Crippen molar-refractivity contribution in [3.63, 3.8) is 0 Å². The molecule has 0 unspecified atom stereocenters. The predicted molar refractivity (Wildman–Crippen MR) is 39.1 cm³/mol. The number of nitrogens with zero attached hydrogens (tertiary/aromatic N) is 2. The number of hydrogen-bond donors (Lipinski definition) is 0. The molecule has 0 aliphatic carbocycles. The zero-order valence-corrected chi connectivity index (χ0v) is 5.70. The first kappa shape index (κ1) is 6.27. The summed E-state index contributed by atoms with van der Waals surface area (Å²) >= 11 is 0. The summed E-state index contributed by atoms with van der Waals surface area (Å²) in [7, 11) is 0. The molecule has 1 rings (SSSR count). The van der Waals surface area contributed by atoms with Crippen molar-refractivity contribution in [3.05, 3.63) is 18.7 Å². The monoisotopic (exact) mass is 120 g/mol. The van der Waals surface area contributed by atoms with Crippen LogP contribution in [-0.2, 0) is 0 Å². The van der Waals surface area contributed by atoms with Crippen molar-refractivity contribution in [2.75, 3.05) is 0 Å². The summed E-state index contributed by atoms with van der Waals surface area (Å²) < 4.78 is 0. The fraction of sp³-hybridized carbons (Fsp3) is 0.333. The van der Waals surface area contributed by atoms with E-state index < -0.39 is 0 Å². The second-order valence-corrected chi connectivity index (χ2v) is 2.33. The van der Waals surface area contributed by atoms with Gasteiger partial charge in [0.1, 0.15) is 6.33 Å². The molecule has 0 fully saturated rings. The normalized spacial score (nSPS) is 9.11. The number of hydrogen-bond acceptors (Lipinski definition) is 2. The van der Waals surface area contributed by atoms with E-state index in [2.05, 4.69) is 23.6 Å². The van der Waals surface area contributed by atoms with Crippen molar-refractivity contribution in [3.8, 4) is 0 Å². The van der Waals surface area contributed by atoms with Crippen molar-refractivity contribution >= 4 is 12.2 Å². The molecule has 0 saturated carbocycles. The highest BCUT2D eigenvalue weighted by molar-refractivity contribution is 6.70. The molecular weight excluding hydrogens is 111 g/mol. The van der Waals surface area contributed by atoms with Crippen molar-refractivity contribution in [2.24, 2.45) is 0 Å². The molecule has 0 atom stereocenters. The van der Waals surface area contributed by atoms with E-state index in [0.717, 1.165) is 0 Å². The van der Waals surface area contributed by atoms with Crippen LogP contribution in [0.2, 0.25) is 13.6 Å². The van der Waals surface area contributed by atoms with Crippen LogP contribution in [-0.4, -0.2) is 16.7 Å². The highest BCUT2D eigenvalue weighted by atomic mass is 14.8. The Bertz CT molecular complexity index is 174. The lowest BCUT2D eigenvalue weighted by Crippen LogP contribution is -2.22. The van der Waals surface area contributed by atoms with Gasteiger partial charge in [0.2, 0.25) is 0 Å². The van der Waals surface area contributed by atoms with Crippen LogP contribution < -0.4 is 5.46 Å². The van der Waals surface area contributed by atoms with E-state index in [1.807, 2.05) is 12.4 Å². The molecule has 0 N–H and O–H groups in total. The van der Waals surface area contributed by atoms with E-state index in [1.165, 1.54) is 5.46 Å². The SMILES string of the molecule is CB(C)c1cncnc1. The van der Waals surface area contributed by atoms with Gasteiger partial charge in [0, 0.05) is 12.4 Å². The molecule has 9 heavy (non-hydrogen) atoms. The van der Waals surface area contributed by atoms with E-state index in [4.69, 9.17) is 0 Å². The van der Waals surface area contributed by atoms with Crippen LogP contribution in [0, 0.1) is 0 Å². The first-order valence-corrected chi connectivity index (χ1v) is 3.05. The van der Waals surface area contributed by atoms with Gasteiger partial charge in [-0.3, -0.25) is 0 Å². The van der Waals surface area contributed by atoms with Gasteiger partial charge in [0.25, 0.3) is 0 Å². The Balaban J connectivity index is 2.85. The molecule has 0 aromatic carbocycles. The Hall–Kier alpha value is -0.855. The highest BCUT2D eigenvalue weighted by Crippen LogP contribution is 1.79. The largest absolute Gasteiger partial charge is 0.245 e. The van der Waals surface area contributed by atoms with Crippen molar-refractivity contribution in [1.82, 2.24) is 9.97 Å². The van der Waals surface area contributed by atoms with Gasteiger partial charge in [0.15, 0.2) is 6.71 Å². The van der Waals surface area contributed by atoms with Crippen LogP contribution in [0.15, 0.2) is 18.7 Å². The minimum Gasteiger partial charge on any atom is -0.245 e. The van der Waals surface area contributed by atoms with Gasteiger partial charge in [-0.1, -0.05) is 13.6 Å². The Morgan fingerprint density at radius 2 is 1.78 bits per heavy atom. The van der Waals surface area contributed by atoms with Gasteiger partial charge < -0.3 is 0 Å². The van der Waals surface area contributed by atoms with Crippen LogP contribution >= 0.6 is 0 Å². The van der Waals surface area contributed by atoms with Gasteiger partial charge in [-0.2, -0.15) is 0 Å². The van der Waals surface area contributed by atoms with Crippen LogP contribution in [0.1, 0.15) is 0 Å². The number of aromatic nitrogens is 2. The third-order valence-electron chi connectivity index (χ3n) is 1.25. The Morgan fingerprint density at radius 1 is 1.22 bits per heavy atom. The molecule has 0 saturated heterocycles. The summed E-state index contributed by atoms with van der Waals surface area (Å²) in [6.45, 7) is 4.78. The topological polar surface area (TPSA) is 25.8 Å². The summed E-state index contributed by atoms with van der Waals surface area (Å²) in [6.07, 6.45) is 5.24. The average Bonchev–Trinajstić information content (AvgIpc) is 1.90. The second-order valence-electron chi connectivity index (χ2n) is 2.33. The van der Waals surface area contributed by atoms with E-state index in [-0.39, 0.29) is 0 Å². The van der Waals surface area contributed by atoms with E-state index in [1.54, 1.807) is 6.33 Å². The van der Waals surface area contributed by atoms with Crippen molar-refractivity contribution in [1.29, 1.82) is 0 Å².